The molecule has 3 heterocycles. The number of nitrogens with one attached hydrogen (secondary N) is 1. The van der Waals surface area contributed by atoms with E-state index in [1.807, 2.05) is 35.2 Å². The monoisotopic (exact) mass is 477 g/mol. The quantitative estimate of drug-likeness (QED) is 0.402. The lowest BCUT2D eigenvalue weighted by molar-refractivity contribution is -0.137. The van der Waals surface area contributed by atoms with Crippen molar-refractivity contribution in [3.05, 3.63) is 90.1 Å². The van der Waals surface area contributed by atoms with E-state index in [1.54, 1.807) is 12.4 Å². The molecule has 0 unspecified atom stereocenters. The number of fused-ring (bicyclic) bond motifs is 1. The van der Waals surface area contributed by atoms with Crippen LogP contribution in [0.15, 0.2) is 73.3 Å². The van der Waals surface area contributed by atoms with Gasteiger partial charge in [-0.2, -0.15) is 13.2 Å². The molecular formula is C26H22F3N5O. The van der Waals surface area contributed by atoms with Gasteiger partial charge < -0.3 is 10.2 Å². The highest BCUT2D eigenvalue weighted by Crippen LogP contribution is 2.31. The van der Waals surface area contributed by atoms with E-state index in [2.05, 4.69) is 20.3 Å². The second kappa shape index (κ2) is 9.32. The average Bonchev–Trinajstić information content (AvgIpc) is 2.88. The summed E-state index contributed by atoms with van der Waals surface area (Å²) in [5.74, 6) is 0.686. The van der Waals surface area contributed by atoms with Gasteiger partial charge in [-0.15, -0.1) is 0 Å². The predicted octanol–water partition coefficient (Wildman–Crippen LogP) is 5.81. The standard InChI is InChI=1S/C26H22F3N5O/c27-26(28,29)21-3-5-22(6-4-21)33-24-14-23(31-16-32-24)17-8-11-34(12-9-17)25(35)19-1-2-20-15-30-10-7-18(20)13-19/h1-7,10,13-17H,8-9,11-12H2,(H,31,32,33). The fraction of sp³-hybridized carbons (Fsp3) is 0.231. The van der Waals surface area contributed by atoms with Crippen LogP contribution in [0.25, 0.3) is 10.8 Å². The van der Waals surface area contributed by atoms with Crippen LogP contribution in [0, 0.1) is 0 Å². The topological polar surface area (TPSA) is 71.0 Å². The molecule has 0 atom stereocenters. The molecule has 1 fully saturated rings. The highest BCUT2D eigenvalue weighted by atomic mass is 19.4. The first-order valence-electron chi connectivity index (χ1n) is 11.3. The molecule has 178 valence electrons. The number of hydrogen-bond donors (Lipinski definition) is 1. The molecule has 0 spiro atoms. The molecule has 1 saturated heterocycles. The number of carbonyl (C=O) groups excluding carboxylic acids is 1. The third kappa shape index (κ3) is 5.08. The maximum atomic E-state index is 13.0. The molecule has 0 aliphatic carbocycles. The Balaban J connectivity index is 1.22. The van der Waals surface area contributed by atoms with Gasteiger partial charge >= 0.3 is 6.18 Å². The van der Waals surface area contributed by atoms with Crippen molar-refractivity contribution in [1.29, 1.82) is 0 Å². The summed E-state index contributed by atoms with van der Waals surface area (Å²) >= 11 is 0. The maximum Gasteiger partial charge on any atom is 0.416 e. The molecular weight excluding hydrogens is 455 g/mol. The molecule has 1 aliphatic heterocycles. The molecule has 1 N–H and O–H groups in total. The van der Waals surface area contributed by atoms with E-state index < -0.39 is 11.7 Å². The zero-order valence-corrected chi connectivity index (χ0v) is 18.7. The summed E-state index contributed by atoms with van der Waals surface area (Å²) in [5.41, 5.74) is 1.31. The average molecular weight is 477 g/mol. The van der Waals surface area contributed by atoms with Gasteiger partial charge in [-0.3, -0.25) is 9.78 Å². The van der Waals surface area contributed by atoms with Gasteiger partial charge in [0.15, 0.2) is 0 Å². The second-order valence-corrected chi connectivity index (χ2v) is 8.53. The summed E-state index contributed by atoms with van der Waals surface area (Å²) < 4.78 is 38.3. The number of pyridine rings is 1. The maximum absolute atomic E-state index is 13.0. The van der Waals surface area contributed by atoms with Crippen LogP contribution < -0.4 is 5.32 Å². The van der Waals surface area contributed by atoms with Gasteiger partial charge in [0.1, 0.15) is 12.1 Å². The van der Waals surface area contributed by atoms with E-state index in [0.29, 0.717) is 30.2 Å². The largest absolute Gasteiger partial charge is 0.416 e. The minimum atomic E-state index is -4.37. The van der Waals surface area contributed by atoms with Crippen molar-refractivity contribution in [3.8, 4) is 0 Å². The number of likely N-dealkylation sites (tertiary alicyclic amines) is 1. The van der Waals surface area contributed by atoms with Crippen molar-refractivity contribution in [2.45, 2.75) is 24.9 Å². The summed E-state index contributed by atoms with van der Waals surface area (Å²) in [7, 11) is 0. The number of piperidine rings is 1. The summed E-state index contributed by atoms with van der Waals surface area (Å²) in [6.45, 7) is 1.23. The van der Waals surface area contributed by atoms with Crippen molar-refractivity contribution in [2.75, 3.05) is 18.4 Å². The smallest absolute Gasteiger partial charge is 0.340 e. The lowest BCUT2D eigenvalue weighted by Crippen LogP contribution is -2.38. The van der Waals surface area contributed by atoms with Crippen LogP contribution in [0.2, 0.25) is 0 Å². The number of aromatic nitrogens is 3. The van der Waals surface area contributed by atoms with Crippen LogP contribution in [-0.4, -0.2) is 38.8 Å². The van der Waals surface area contributed by atoms with Gasteiger partial charge in [-0.25, -0.2) is 9.97 Å². The van der Waals surface area contributed by atoms with Crippen molar-refractivity contribution in [3.63, 3.8) is 0 Å². The van der Waals surface area contributed by atoms with E-state index in [0.717, 1.165) is 41.4 Å². The van der Waals surface area contributed by atoms with E-state index in [4.69, 9.17) is 0 Å². The molecule has 1 aliphatic rings. The highest BCUT2D eigenvalue weighted by molar-refractivity contribution is 5.98. The van der Waals surface area contributed by atoms with Crippen LogP contribution in [0.4, 0.5) is 24.7 Å². The Morgan fingerprint density at radius 2 is 1.71 bits per heavy atom. The SMILES string of the molecule is O=C(c1ccc2cnccc2c1)N1CCC(c2cc(Nc3ccc(C(F)(F)F)cc3)ncn2)CC1. The first kappa shape index (κ1) is 22.8. The van der Waals surface area contributed by atoms with Crippen molar-refractivity contribution in [2.24, 2.45) is 0 Å². The Kier molecular flexibility index (Phi) is 6.07. The lowest BCUT2D eigenvalue weighted by atomic mass is 9.92. The number of amides is 1. The molecule has 35 heavy (non-hydrogen) atoms. The Hall–Kier alpha value is -4.01. The van der Waals surface area contributed by atoms with Crippen LogP contribution in [0.3, 0.4) is 0 Å². The Morgan fingerprint density at radius 1 is 0.943 bits per heavy atom. The molecule has 9 heteroatoms. The molecule has 2 aromatic carbocycles. The molecule has 1 amide bonds. The fourth-order valence-electron chi connectivity index (χ4n) is 4.33. The van der Waals surface area contributed by atoms with Crippen molar-refractivity contribution >= 4 is 28.2 Å². The first-order chi connectivity index (χ1) is 16.9. The highest BCUT2D eigenvalue weighted by Gasteiger charge is 2.30. The van der Waals surface area contributed by atoms with Gasteiger partial charge in [0.05, 0.1) is 5.56 Å². The fourth-order valence-corrected chi connectivity index (χ4v) is 4.33. The molecule has 4 aromatic rings. The van der Waals surface area contributed by atoms with E-state index in [-0.39, 0.29) is 11.8 Å². The molecule has 6 nitrogen and oxygen atoms in total. The summed E-state index contributed by atoms with van der Waals surface area (Å²) in [4.78, 5) is 27.6. The Labute approximate surface area is 199 Å². The normalized spacial score (nSPS) is 14.8. The number of benzene rings is 2. The van der Waals surface area contributed by atoms with Gasteiger partial charge in [-0.05, 0) is 60.7 Å². The zero-order chi connectivity index (χ0) is 24.4. The number of anilines is 2. The van der Waals surface area contributed by atoms with Crippen LogP contribution in [0.1, 0.15) is 40.4 Å². The Morgan fingerprint density at radius 3 is 2.46 bits per heavy atom. The third-order valence-electron chi connectivity index (χ3n) is 6.26. The molecule has 0 radical (unpaired) electrons. The zero-order valence-electron chi connectivity index (χ0n) is 18.7. The minimum Gasteiger partial charge on any atom is -0.340 e. The van der Waals surface area contributed by atoms with Crippen LogP contribution in [0.5, 0.6) is 0 Å². The molecule has 0 bridgehead atoms. The number of carbonyl (C=O) groups is 1. The van der Waals surface area contributed by atoms with Crippen molar-refractivity contribution in [1.82, 2.24) is 19.9 Å². The number of nitrogens with zero attached hydrogens (tertiary/aromatic N) is 4. The lowest BCUT2D eigenvalue weighted by Gasteiger charge is -2.32. The van der Waals surface area contributed by atoms with E-state index in [1.165, 1.54) is 18.5 Å². The van der Waals surface area contributed by atoms with Crippen LogP contribution >= 0.6 is 0 Å². The number of halogens is 3. The summed E-state index contributed by atoms with van der Waals surface area (Å²) in [6, 6.07) is 14.2. The van der Waals surface area contributed by atoms with E-state index in [9.17, 15) is 18.0 Å². The van der Waals surface area contributed by atoms with Gasteiger partial charge in [0, 0.05) is 59.8 Å². The van der Waals surface area contributed by atoms with Gasteiger partial charge in [0.2, 0.25) is 0 Å². The predicted molar refractivity (Wildman–Crippen MR) is 126 cm³/mol. The Bertz CT molecular complexity index is 1350. The van der Waals surface area contributed by atoms with E-state index >= 15 is 0 Å². The van der Waals surface area contributed by atoms with Gasteiger partial charge in [-0.1, -0.05) is 6.07 Å². The summed E-state index contributed by atoms with van der Waals surface area (Å²) in [5, 5.41) is 5.01. The van der Waals surface area contributed by atoms with Crippen molar-refractivity contribution < 1.29 is 18.0 Å². The number of rotatable bonds is 4. The van der Waals surface area contributed by atoms with Gasteiger partial charge in [0.25, 0.3) is 5.91 Å². The molecule has 2 aromatic heterocycles. The third-order valence-corrected chi connectivity index (χ3v) is 6.26. The molecule has 5 rings (SSSR count). The molecule has 0 saturated carbocycles. The number of alkyl halides is 3. The first-order valence-corrected chi connectivity index (χ1v) is 11.3. The minimum absolute atomic E-state index is 0.00880. The second-order valence-electron chi connectivity index (χ2n) is 8.53. The van der Waals surface area contributed by atoms with Crippen LogP contribution in [-0.2, 0) is 6.18 Å². The summed E-state index contributed by atoms with van der Waals surface area (Å²) in [6.07, 6.45) is 2.09. The number of hydrogen-bond acceptors (Lipinski definition) is 5.